The number of unbranched alkanes of at least 4 members (excludes halogenated alkanes) is 1. The van der Waals surface area contributed by atoms with Gasteiger partial charge in [0.1, 0.15) is 5.60 Å². The van der Waals surface area contributed by atoms with Crippen LogP contribution < -0.4 is 8.43 Å². The maximum atomic E-state index is 6.00. The molecule has 1 aromatic rings. The average Bonchev–Trinajstić information content (AvgIpc) is 2.19. The second kappa shape index (κ2) is 8.23. The first-order valence-corrected chi connectivity index (χ1v) is 8.00. The summed E-state index contributed by atoms with van der Waals surface area (Å²) < 4.78 is 8.87. The highest BCUT2D eigenvalue weighted by Crippen LogP contribution is 2.15. The molecule has 0 spiro atoms. The molecule has 1 rings (SSSR count). The Morgan fingerprint density at radius 2 is 1.82 bits per heavy atom. The summed E-state index contributed by atoms with van der Waals surface area (Å²) in [4.78, 5) is 0. The molecule has 0 aromatic heterocycles. The minimum atomic E-state index is -0.145. The zero-order valence-corrected chi connectivity index (χ0v) is 13.7. The zero-order valence-electron chi connectivity index (χ0n) is 11.5. The predicted molar refractivity (Wildman–Crippen MR) is 79.2 cm³/mol. The molecule has 0 saturated carbocycles. The molecule has 0 aliphatic rings. The Morgan fingerprint density at radius 1 is 1.18 bits per heavy atom. The SMILES string of the molecule is CCC[CH2][Mg][c]1ccccc1OC(C)(C)C.Cl. The van der Waals surface area contributed by atoms with Gasteiger partial charge in [-0.1, -0.05) is 38.0 Å². The Labute approximate surface area is 121 Å². The highest BCUT2D eigenvalue weighted by Gasteiger charge is 2.14. The summed E-state index contributed by atoms with van der Waals surface area (Å²) in [5.74, 6) is 1.11. The number of benzene rings is 1. The first-order valence-electron chi connectivity index (χ1n) is 6.30. The summed E-state index contributed by atoms with van der Waals surface area (Å²) >= 11 is -0.145. The van der Waals surface area contributed by atoms with Gasteiger partial charge in [0.15, 0.2) is 0 Å². The van der Waals surface area contributed by atoms with Gasteiger partial charge in [-0.15, -0.1) is 20.6 Å². The topological polar surface area (TPSA) is 9.23 Å². The normalized spacial score (nSPS) is 10.4. The van der Waals surface area contributed by atoms with E-state index in [0.717, 1.165) is 5.75 Å². The third-order valence-corrected chi connectivity index (χ3v) is 4.41. The Kier molecular flexibility index (Phi) is 8.26. The van der Waals surface area contributed by atoms with Crippen molar-refractivity contribution in [2.45, 2.75) is 50.7 Å². The second-order valence-electron chi connectivity index (χ2n) is 5.28. The van der Waals surface area contributed by atoms with Crippen LogP contribution >= 0.6 is 12.4 Å². The Balaban J connectivity index is 0.00000256. The van der Waals surface area contributed by atoms with Gasteiger partial charge in [0.2, 0.25) is 0 Å². The molecule has 1 nitrogen and oxygen atoms in total. The molecule has 17 heavy (non-hydrogen) atoms. The molecule has 1 aromatic carbocycles. The van der Waals surface area contributed by atoms with E-state index in [4.69, 9.17) is 4.74 Å². The number of hydrogen-bond donors (Lipinski definition) is 0. The number of hydrogen-bond acceptors (Lipinski definition) is 1. The molecule has 0 unspecified atom stereocenters. The van der Waals surface area contributed by atoms with Crippen molar-refractivity contribution in [2.75, 3.05) is 0 Å². The van der Waals surface area contributed by atoms with E-state index in [1.54, 1.807) is 0 Å². The minimum absolute atomic E-state index is 0. The van der Waals surface area contributed by atoms with Gasteiger partial charge in [-0.25, -0.2) is 0 Å². The van der Waals surface area contributed by atoms with Crippen LogP contribution in [-0.2, 0) is 0 Å². The molecule has 0 bridgehead atoms. The van der Waals surface area contributed by atoms with Crippen molar-refractivity contribution < 1.29 is 4.74 Å². The Morgan fingerprint density at radius 3 is 2.41 bits per heavy atom. The molecule has 0 atom stereocenters. The van der Waals surface area contributed by atoms with Crippen LogP contribution in [0.2, 0.25) is 4.55 Å². The lowest BCUT2D eigenvalue weighted by Gasteiger charge is -2.23. The van der Waals surface area contributed by atoms with Gasteiger partial charge in [-0.05, 0) is 26.8 Å². The van der Waals surface area contributed by atoms with Gasteiger partial charge in [0.05, 0.1) is 5.75 Å². The van der Waals surface area contributed by atoms with Crippen molar-refractivity contribution in [1.82, 2.24) is 0 Å². The molecule has 94 valence electrons. The molecule has 0 amide bonds. The third-order valence-electron chi connectivity index (χ3n) is 2.44. The van der Waals surface area contributed by atoms with Crippen LogP contribution in [0.5, 0.6) is 5.75 Å². The Hall–Kier alpha value is 0.0762. The van der Waals surface area contributed by atoms with Crippen LogP contribution in [0.3, 0.4) is 0 Å². The van der Waals surface area contributed by atoms with E-state index in [1.807, 2.05) is 0 Å². The van der Waals surface area contributed by atoms with Crippen molar-refractivity contribution >= 4 is 36.5 Å². The van der Waals surface area contributed by atoms with Crippen LogP contribution in [0.4, 0.5) is 0 Å². The van der Waals surface area contributed by atoms with E-state index in [2.05, 4.69) is 52.0 Å². The van der Waals surface area contributed by atoms with Gasteiger partial charge < -0.3 is 4.74 Å². The summed E-state index contributed by atoms with van der Waals surface area (Å²) in [6.45, 7) is 8.58. The smallest absolute Gasteiger partial charge is 0.414 e. The van der Waals surface area contributed by atoms with Crippen molar-refractivity contribution in [2.24, 2.45) is 0 Å². The largest absolute Gasteiger partial charge is 0.491 e. The highest BCUT2D eigenvalue weighted by molar-refractivity contribution is 6.54. The molecular weight excluding hydrogens is 244 g/mol. The van der Waals surface area contributed by atoms with Crippen molar-refractivity contribution in [3.63, 3.8) is 0 Å². The van der Waals surface area contributed by atoms with E-state index in [9.17, 15) is 0 Å². The molecule has 0 saturated heterocycles. The number of rotatable bonds is 5. The molecule has 0 radical (unpaired) electrons. The van der Waals surface area contributed by atoms with Crippen LogP contribution in [0.25, 0.3) is 0 Å². The quantitative estimate of drug-likeness (QED) is 0.582. The highest BCUT2D eigenvalue weighted by atomic mass is 35.5. The van der Waals surface area contributed by atoms with Gasteiger partial charge in [-0.2, -0.15) is 0 Å². The standard InChI is InChI=1S/C10H13O.C4H9.ClH.Mg/c1-10(2,3)11-9-7-5-4-6-8-9;1-3-4-2;;/h4-7H,1-3H3;1,3-4H2,2H3;1H;. The Bertz CT molecular complexity index is 320. The fourth-order valence-corrected chi connectivity index (χ4v) is 3.58. The molecule has 0 aliphatic carbocycles. The predicted octanol–water partition coefficient (Wildman–Crippen LogP) is 3.83. The maximum Gasteiger partial charge on any atom is 0.414 e. The molecule has 0 N–H and O–H groups in total. The van der Waals surface area contributed by atoms with Crippen molar-refractivity contribution in [1.29, 1.82) is 0 Å². The number of para-hydroxylation sites is 1. The lowest BCUT2D eigenvalue weighted by molar-refractivity contribution is 0.132. The van der Waals surface area contributed by atoms with E-state index >= 15 is 0 Å². The third kappa shape index (κ3) is 7.17. The molecule has 3 heteroatoms. The molecular formula is C14H23ClMgO. The summed E-state index contributed by atoms with van der Waals surface area (Å²) in [5, 5.41) is 0. The van der Waals surface area contributed by atoms with Gasteiger partial charge >= 0.3 is 20.4 Å². The van der Waals surface area contributed by atoms with Crippen molar-refractivity contribution in [3.8, 4) is 5.75 Å². The van der Waals surface area contributed by atoms with E-state index < -0.39 is 0 Å². The number of ether oxygens (including phenoxy) is 1. The van der Waals surface area contributed by atoms with Crippen LogP contribution in [0.1, 0.15) is 40.5 Å². The van der Waals surface area contributed by atoms with Gasteiger partial charge in [-0.3, -0.25) is 0 Å². The number of halogens is 1. The van der Waals surface area contributed by atoms with Crippen LogP contribution in [0, 0.1) is 0 Å². The first-order chi connectivity index (χ1) is 7.53. The molecule has 0 fully saturated rings. The van der Waals surface area contributed by atoms with E-state index in [0.29, 0.717) is 0 Å². The van der Waals surface area contributed by atoms with Crippen LogP contribution in [0.15, 0.2) is 24.3 Å². The van der Waals surface area contributed by atoms with Crippen LogP contribution in [-0.4, -0.2) is 26.0 Å². The van der Waals surface area contributed by atoms with E-state index in [-0.39, 0.29) is 38.4 Å². The first kappa shape index (κ1) is 17.1. The zero-order chi connectivity index (χ0) is 12.0. The summed E-state index contributed by atoms with van der Waals surface area (Å²) in [6.07, 6.45) is 2.66. The molecule has 0 heterocycles. The van der Waals surface area contributed by atoms with Crippen molar-refractivity contribution in [3.05, 3.63) is 24.3 Å². The van der Waals surface area contributed by atoms with Gasteiger partial charge in [0, 0.05) is 0 Å². The van der Waals surface area contributed by atoms with E-state index in [1.165, 1.54) is 21.1 Å². The summed E-state index contributed by atoms with van der Waals surface area (Å²) in [5.41, 5.74) is -0.0880. The minimum Gasteiger partial charge on any atom is -0.491 e. The second-order valence-corrected chi connectivity index (χ2v) is 7.25. The lowest BCUT2D eigenvalue weighted by Crippen LogP contribution is -2.28. The lowest BCUT2D eigenvalue weighted by atomic mass is 10.2. The fourth-order valence-electron chi connectivity index (χ4n) is 1.71. The summed E-state index contributed by atoms with van der Waals surface area (Å²) in [7, 11) is 0. The molecule has 0 aliphatic heterocycles. The monoisotopic (exact) mass is 266 g/mol. The fraction of sp³-hybridized carbons (Fsp3) is 0.571. The average molecular weight is 267 g/mol. The summed E-state index contributed by atoms with van der Waals surface area (Å²) in [6, 6.07) is 8.55. The van der Waals surface area contributed by atoms with Gasteiger partial charge in [0.25, 0.3) is 0 Å². The maximum absolute atomic E-state index is 6.00.